The van der Waals surface area contributed by atoms with Crippen LogP contribution in [0.1, 0.15) is 52.9 Å². The highest BCUT2D eigenvalue weighted by Crippen LogP contribution is 2.29. The number of carboxylic acids is 1. The Labute approximate surface area is 121 Å². The van der Waals surface area contributed by atoms with Crippen molar-refractivity contribution in [1.29, 1.82) is 0 Å². The summed E-state index contributed by atoms with van der Waals surface area (Å²) in [6, 6.07) is -1.21. The Balaban J connectivity index is 2.21. The number of carbonyl (C=O) groups excluding carboxylic acids is 1. The number of hydrogen-bond donors (Lipinski definition) is 3. The first-order chi connectivity index (χ1) is 9.40. The first-order valence-corrected chi connectivity index (χ1v) is 7.67. The molecule has 0 aromatic carbocycles. The molecule has 116 valence electrons. The standard InChI is InChI=1S/C15H28N2O3/c1-10(2)13(14(18)19)17-15(20)16-9-8-12-6-4-11(3)5-7-12/h10-13H,4-9H2,1-3H3,(H,18,19)(H2,16,17,20)/t11?,12?,13-/m0/s1. The maximum absolute atomic E-state index is 11.7. The molecule has 0 unspecified atom stereocenters. The van der Waals surface area contributed by atoms with E-state index in [0.717, 1.165) is 12.3 Å². The van der Waals surface area contributed by atoms with Crippen LogP contribution >= 0.6 is 0 Å². The van der Waals surface area contributed by atoms with Crippen molar-refractivity contribution in [1.82, 2.24) is 10.6 Å². The van der Waals surface area contributed by atoms with Crippen LogP contribution in [0.3, 0.4) is 0 Å². The summed E-state index contributed by atoms with van der Waals surface area (Å²) in [6.07, 6.45) is 6.04. The van der Waals surface area contributed by atoms with Gasteiger partial charge in [0.25, 0.3) is 0 Å². The molecule has 0 aromatic rings. The highest BCUT2D eigenvalue weighted by molar-refractivity contribution is 5.82. The largest absolute Gasteiger partial charge is 0.480 e. The maximum Gasteiger partial charge on any atom is 0.326 e. The van der Waals surface area contributed by atoms with Crippen molar-refractivity contribution in [2.24, 2.45) is 17.8 Å². The van der Waals surface area contributed by atoms with E-state index in [1.165, 1.54) is 25.7 Å². The number of rotatable bonds is 6. The number of aliphatic carboxylic acids is 1. The second kappa shape index (κ2) is 8.12. The van der Waals surface area contributed by atoms with Gasteiger partial charge in [0.2, 0.25) is 0 Å². The van der Waals surface area contributed by atoms with E-state index in [4.69, 9.17) is 5.11 Å². The zero-order valence-corrected chi connectivity index (χ0v) is 12.8. The Morgan fingerprint density at radius 1 is 1.20 bits per heavy atom. The summed E-state index contributed by atoms with van der Waals surface area (Å²) < 4.78 is 0. The first-order valence-electron chi connectivity index (χ1n) is 7.67. The molecule has 0 radical (unpaired) electrons. The van der Waals surface area contributed by atoms with Crippen LogP contribution in [-0.4, -0.2) is 29.7 Å². The minimum absolute atomic E-state index is 0.127. The van der Waals surface area contributed by atoms with E-state index in [1.54, 1.807) is 13.8 Å². The summed E-state index contributed by atoms with van der Waals surface area (Å²) >= 11 is 0. The predicted molar refractivity (Wildman–Crippen MR) is 78.5 cm³/mol. The van der Waals surface area contributed by atoms with Crippen LogP contribution in [0.5, 0.6) is 0 Å². The Morgan fingerprint density at radius 3 is 2.30 bits per heavy atom. The Hall–Kier alpha value is -1.26. The summed E-state index contributed by atoms with van der Waals surface area (Å²) in [5.41, 5.74) is 0. The molecule has 0 heterocycles. The molecule has 5 nitrogen and oxygen atoms in total. The van der Waals surface area contributed by atoms with Crippen molar-refractivity contribution in [2.45, 2.75) is 58.9 Å². The third kappa shape index (κ3) is 5.80. The minimum atomic E-state index is -0.989. The van der Waals surface area contributed by atoms with Crippen molar-refractivity contribution in [2.75, 3.05) is 6.54 Å². The zero-order valence-electron chi connectivity index (χ0n) is 12.8. The van der Waals surface area contributed by atoms with Gasteiger partial charge in [0.15, 0.2) is 0 Å². The smallest absolute Gasteiger partial charge is 0.326 e. The molecule has 1 rings (SSSR count). The van der Waals surface area contributed by atoms with Crippen LogP contribution in [0, 0.1) is 17.8 Å². The van der Waals surface area contributed by atoms with Gasteiger partial charge in [0, 0.05) is 6.54 Å². The molecule has 0 aliphatic heterocycles. The molecular weight excluding hydrogens is 256 g/mol. The monoisotopic (exact) mass is 284 g/mol. The van der Waals surface area contributed by atoms with Gasteiger partial charge >= 0.3 is 12.0 Å². The van der Waals surface area contributed by atoms with E-state index in [0.29, 0.717) is 12.5 Å². The van der Waals surface area contributed by atoms with E-state index < -0.39 is 12.0 Å². The number of hydrogen-bond acceptors (Lipinski definition) is 2. The van der Waals surface area contributed by atoms with Gasteiger partial charge in [-0.25, -0.2) is 9.59 Å². The fourth-order valence-electron chi connectivity index (χ4n) is 2.71. The predicted octanol–water partition coefficient (Wildman–Crippen LogP) is 2.61. The molecule has 0 spiro atoms. The van der Waals surface area contributed by atoms with Crippen LogP contribution in [0.15, 0.2) is 0 Å². The molecule has 0 saturated heterocycles. The topological polar surface area (TPSA) is 78.4 Å². The second-order valence-corrected chi connectivity index (χ2v) is 6.37. The lowest BCUT2D eigenvalue weighted by molar-refractivity contribution is -0.140. The Bertz CT molecular complexity index is 323. The van der Waals surface area contributed by atoms with Crippen molar-refractivity contribution in [3.63, 3.8) is 0 Å². The molecule has 0 aromatic heterocycles. The molecule has 1 aliphatic rings. The maximum atomic E-state index is 11.7. The molecule has 3 N–H and O–H groups in total. The third-order valence-corrected chi connectivity index (χ3v) is 4.19. The molecule has 1 saturated carbocycles. The number of urea groups is 1. The van der Waals surface area contributed by atoms with Gasteiger partial charge in [-0.3, -0.25) is 0 Å². The van der Waals surface area contributed by atoms with Gasteiger partial charge in [0.05, 0.1) is 0 Å². The van der Waals surface area contributed by atoms with Crippen molar-refractivity contribution >= 4 is 12.0 Å². The lowest BCUT2D eigenvalue weighted by Gasteiger charge is -2.26. The first kappa shape index (κ1) is 16.8. The molecule has 1 atom stereocenters. The summed E-state index contributed by atoms with van der Waals surface area (Å²) in [4.78, 5) is 22.7. The minimum Gasteiger partial charge on any atom is -0.480 e. The SMILES string of the molecule is CC1CCC(CCNC(=O)N[C@H](C(=O)O)C(C)C)CC1. The van der Waals surface area contributed by atoms with Gasteiger partial charge in [0.1, 0.15) is 6.04 Å². The number of carboxylic acid groups (broad SMARTS) is 1. The Kier molecular flexibility index (Phi) is 6.82. The molecule has 0 bridgehead atoms. The van der Waals surface area contributed by atoms with Crippen molar-refractivity contribution in [3.8, 4) is 0 Å². The molecule has 5 heteroatoms. The Morgan fingerprint density at radius 2 is 1.80 bits per heavy atom. The number of nitrogens with one attached hydrogen (secondary N) is 2. The lowest BCUT2D eigenvalue weighted by Crippen LogP contribution is -2.48. The fraction of sp³-hybridized carbons (Fsp3) is 0.867. The molecular formula is C15H28N2O3. The normalized spacial score (nSPS) is 24.2. The van der Waals surface area contributed by atoms with Gasteiger partial charge < -0.3 is 15.7 Å². The van der Waals surface area contributed by atoms with E-state index >= 15 is 0 Å². The lowest BCUT2D eigenvalue weighted by atomic mass is 9.81. The van der Waals surface area contributed by atoms with E-state index in [2.05, 4.69) is 17.6 Å². The van der Waals surface area contributed by atoms with E-state index in [1.807, 2.05) is 0 Å². The summed E-state index contributed by atoms with van der Waals surface area (Å²) in [5.74, 6) is 0.422. The second-order valence-electron chi connectivity index (χ2n) is 6.37. The third-order valence-electron chi connectivity index (χ3n) is 4.19. The van der Waals surface area contributed by atoms with Crippen LogP contribution in [-0.2, 0) is 4.79 Å². The quantitative estimate of drug-likeness (QED) is 0.701. The highest BCUT2D eigenvalue weighted by Gasteiger charge is 2.23. The molecule has 2 amide bonds. The van der Waals surface area contributed by atoms with E-state index in [9.17, 15) is 9.59 Å². The van der Waals surface area contributed by atoms with E-state index in [-0.39, 0.29) is 11.9 Å². The van der Waals surface area contributed by atoms with Gasteiger partial charge in [-0.1, -0.05) is 46.5 Å². The highest BCUT2D eigenvalue weighted by atomic mass is 16.4. The zero-order chi connectivity index (χ0) is 15.1. The number of carbonyl (C=O) groups is 2. The summed E-state index contributed by atoms with van der Waals surface area (Å²) in [6.45, 7) is 6.47. The van der Waals surface area contributed by atoms with Crippen molar-refractivity contribution in [3.05, 3.63) is 0 Å². The van der Waals surface area contributed by atoms with Crippen LogP contribution in [0.25, 0.3) is 0 Å². The van der Waals surface area contributed by atoms with Crippen LogP contribution < -0.4 is 10.6 Å². The molecule has 1 fully saturated rings. The van der Waals surface area contributed by atoms with Gasteiger partial charge in [-0.15, -0.1) is 0 Å². The average Bonchev–Trinajstić information content (AvgIpc) is 2.37. The molecule has 1 aliphatic carbocycles. The average molecular weight is 284 g/mol. The van der Waals surface area contributed by atoms with Crippen molar-refractivity contribution < 1.29 is 14.7 Å². The fourth-order valence-corrected chi connectivity index (χ4v) is 2.71. The number of amides is 2. The van der Waals surface area contributed by atoms with Gasteiger partial charge in [-0.05, 0) is 24.2 Å². The molecule has 20 heavy (non-hydrogen) atoms. The van der Waals surface area contributed by atoms with Gasteiger partial charge in [-0.2, -0.15) is 0 Å². The van der Waals surface area contributed by atoms with Crippen LogP contribution in [0.2, 0.25) is 0 Å². The summed E-state index contributed by atoms with van der Waals surface area (Å²) in [5, 5.41) is 14.3. The summed E-state index contributed by atoms with van der Waals surface area (Å²) in [7, 11) is 0. The van der Waals surface area contributed by atoms with Crippen LogP contribution in [0.4, 0.5) is 4.79 Å².